The maximum Gasteiger partial charge on any atom is 0.269 e. The van der Waals surface area contributed by atoms with E-state index in [4.69, 9.17) is 9.47 Å². The minimum Gasteiger partial charge on any atom is -0.493 e. The number of nitrogens with one attached hydrogen (secondary N) is 2. The molecule has 2 rings (SSSR count). The Labute approximate surface area is 117 Å². The lowest BCUT2D eigenvalue weighted by atomic mass is 9.85. The Hall–Kier alpha value is -2.24. The highest BCUT2D eigenvalue weighted by Crippen LogP contribution is 2.27. The van der Waals surface area contributed by atoms with Crippen LogP contribution in [0.4, 0.5) is 0 Å². The molecule has 0 radical (unpaired) electrons. The fourth-order valence-electron chi connectivity index (χ4n) is 1.94. The Bertz CT molecular complexity index is 512. The molecule has 6 nitrogen and oxygen atoms in total. The molecule has 0 spiro atoms. The summed E-state index contributed by atoms with van der Waals surface area (Å²) in [5.41, 5.74) is 5.23. The van der Waals surface area contributed by atoms with E-state index in [9.17, 15) is 9.59 Å². The van der Waals surface area contributed by atoms with E-state index in [0.29, 0.717) is 17.1 Å². The number of benzene rings is 1. The Balaban J connectivity index is 1.96. The van der Waals surface area contributed by atoms with Crippen LogP contribution in [0.15, 0.2) is 18.2 Å². The molecule has 20 heavy (non-hydrogen) atoms. The van der Waals surface area contributed by atoms with Crippen LogP contribution >= 0.6 is 0 Å². The maximum absolute atomic E-state index is 11.9. The van der Waals surface area contributed by atoms with Crippen molar-refractivity contribution in [2.75, 3.05) is 14.2 Å². The summed E-state index contributed by atoms with van der Waals surface area (Å²) in [6.07, 6.45) is 2.85. The minimum absolute atomic E-state index is 0.0284. The number of hydrazine groups is 1. The Morgan fingerprint density at radius 1 is 1.10 bits per heavy atom. The number of carbonyl (C=O) groups excluding carboxylic acids is 2. The predicted molar refractivity (Wildman–Crippen MR) is 72.5 cm³/mol. The van der Waals surface area contributed by atoms with Crippen molar-refractivity contribution in [2.45, 2.75) is 19.3 Å². The Morgan fingerprint density at radius 3 is 2.35 bits per heavy atom. The standard InChI is InChI=1S/C14H18N2O4/c1-19-11-7-6-10(8-12(11)20-2)14(18)16-15-13(17)9-4-3-5-9/h6-9H,3-5H2,1-2H3,(H,15,17)(H,16,18). The number of ether oxygens (including phenoxy) is 2. The second-order valence-electron chi connectivity index (χ2n) is 4.64. The molecule has 1 aliphatic rings. The number of carbonyl (C=O) groups is 2. The molecule has 0 unspecified atom stereocenters. The van der Waals surface area contributed by atoms with Gasteiger partial charge in [0, 0.05) is 11.5 Å². The van der Waals surface area contributed by atoms with Crippen LogP contribution in [0, 0.1) is 5.92 Å². The van der Waals surface area contributed by atoms with Crippen LogP contribution in [0.25, 0.3) is 0 Å². The van der Waals surface area contributed by atoms with Crippen LogP contribution in [-0.2, 0) is 4.79 Å². The molecule has 1 saturated carbocycles. The Kier molecular flexibility index (Phi) is 4.45. The molecule has 1 fully saturated rings. The molecule has 0 heterocycles. The number of hydrogen-bond acceptors (Lipinski definition) is 4. The van der Waals surface area contributed by atoms with Crippen molar-refractivity contribution < 1.29 is 19.1 Å². The molecule has 0 atom stereocenters. The summed E-state index contributed by atoms with van der Waals surface area (Å²) in [7, 11) is 3.02. The first-order valence-corrected chi connectivity index (χ1v) is 6.48. The lowest BCUT2D eigenvalue weighted by Gasteiger charge is -2.24. The van der Waals surface area contributed by atoms with Gasteiger partial charge >= 0.3 is 0 Å². The number of rotatable bonds is 4. The van der Waals surface area contributed by atoms with Crippen molar-refractivity contribution in [3.8, 4) is 11.5 Å². The van der Waals surface area contributed by atoms with Crippen LogP contribution < -0.4 is 20.3 Å². The largest absolute Gasteiger partial charge is 0.493 e. The van der Waals surface area contributed by atoms with Crippen LogP contribution in [0.3, 0.4) is 0 Å². The summed E-state index contributed by atoms with van der Waals surface area (Å²) < 4.78 is 10.2. The van der Waals surface area contributed by atoms with E-state index in [0.717, 1.165) is 19.3 Å². The smallest absolute Gasteiger partial charge is 0.269 e. The van der Waals surface area contributed by atoms with Gasteiger partial charge in [-0.05, 0) is 31.0 Å². The molecule has 0 aliphatic heterocycles. The second kappa shape index (κ2) is 6.27. The average Bonchev–Trinajstić information content (AvgIpc) is 2.42. The van der Waals surface area contributed by atoms with Crippen molar-refractivity contribution in [3.05, 3.63) is 23.8 Å². The third kappa shape index (κ3) is 3.01. The van der Waals surface area contributed by atoms with Gasteiger partial charge in [0.05, 0.1) is 14.2 Å². The second-order valence-corrected chi connectivity index (χ2v) is 4.64. The molecular formula is C14H18N2O4. The molecular weight excluding hydrogens is 260 g/mol. The van der Waals surface area contributed by atoms with Gasteiger partial charge in [0.2, 0.25) is 5.91 Å². The third-order valence-corrected chi connectivity index (χ3v) is 3.42. The number of hydrogen-bond donors (Lipinski definition) is 2. The van der Waals surface area contributed by atoms with Gasteiger partial charge in [0.1, 0.15) is 0 Å². The van der Waals surface area contributed by atoms with E-state index >= 15 is 0 Å². The molecule has 1 aromatic carbocycles. The molecule has 0 saturated heterocycles. The summed E-state index contributed by atoms with van der Waals surface area (Å²) in [5.74, 6) is 0.512. The summed E-state index contributed by atoms with van der Waals surface area (Å²) in [4.78, 5) is 23.5. The molecule has 2 N–H and O–H groups in total. The molecule has 1 aromatic rings. The van der Waals surface area contributed by atoms with Crippen molar-refractivity contribution in [1.82, 2.24) is 10.9 Å². The molecule has 1 aliphatic carbocycles. The highest BCUT2D eigenvalue weighted by molar-refractivity contribution is 5.96. The molecule has 0 bridgehead atoms. The van der Waals surface area contributed by atoms with Crippen molar-refractivity contribution >= 4 is 11.8 Å². The lowest BCUT2D eigenvalue weighted by molar-refractivity contribution is -0.128. The molecule has 0 aromatic heterocycles. The normalized spacial score (nSPS) is 14.1. The topological polar surface area (TPSA) is 76.7 Å². The van der Waals surface area contributed by atoms with Gasteiger partial charge in [-0.1, -0.05) is 6.42 Å². The van der Waals surface area contributed by atoms with Gasteiger partial charge < -0.3 is 9.47 Å². The van der Waals surface area contributed by atoms with Crippen LogP contribution in [0.1, 0.15) is 29.6 Å². The average molecular weight is 278 g/mol. The van der Waals surface area contributed by atoms with Crippen LogP contribution in [-0.4, -0.2) is 26.0 Å². The zero-order chi connectivity index (χ0) is 14.5. The summed E-state index contributed by atoms with van der Waals surface area (Å²) in [6, 6.07) is 4.80. The summed E-state index contributed by atoms with van der Waals surface area (Å²) in [5, 5.41) is 0. The Morgan fingerprint density at radius 2 is 1.80 bits per heavy atom. The monoisotopic (exact) mass is 278 g/mol. The zero-order valence-corrected chi connectivity index (χ0v) is 11.6. The van der Waals surface area contributed by atoms with Crippen molar-refractivity contribution in [1.29, 1.82) is 0 Å². The third-order valence-electron chi connectivity index (χ3n) is 3.42. The highest BCUT2D eigenvalue weighted by Gasteiger charge is 2.25. The lowest BCUT2D eigenvalue weighted by Crippen LogP contribution is -2.46. The van der Waals surface area contributed by atoms with E-state index < -0.39 is 5.91 Å². The first-order valence-electron chi connectivity index (χ1n) is 6.48. The summed E-state index contributed by atoms with van der Waals surface area (Å²) >= 11 is 0. The predicted octanol–water partition coefficient (Wildman–Crippen LogP) is 1.26. The fraction of sp³-hybridized carbons (Fsp3) is 0.429. The first kappa shape index (κ1) is 14.2. The van der Waals surface area contributed by atoms with Gasteiger partial charge in [-0.15, -0.1) is 0 Å². The molecule has 6 heteroatoms. The van der Waals surface area contributed by atoms with E-state index in [-0.39, 0.29) is 11.8 Å². The van der Waals surface area contributed by atoms with Crippen LogP contribution in [0.2, 0.25) is 0 Å². The first-order chi connectivity index (χ1) is 9.65. The highest BCUT2D eigenvalue weighted by atomic mass is 16.5. The van der Waals surface area contributed by atoms with Gasteiger partial charge in [0.25, 0.3) is 5.91 Å². The number of methoxy groups -OCH3 is 2. The fourth-order valence-corrected chi connectivity index (χ4v) is 1.94. The van der Waals surface area contributed by atoms with Gasteiger partial charge in [-0.2, -0.15) is 0 Å². The maximum atomic E-state index is 11.9. The quantitative estimate of drug-likeness (QED) is 0.813. The van der Waals surface area contributed by atoms with E-state index in [1.807, 2.05) is 0 Å². The van der Waals surface area contributed by atoms with E-state index in [1.54, 1.807) is 18.2 Å². The van der Waals surface area contributed by atoms with Crippen molar-refractivity contribution in [2.24, 2.45) is 5.92 Å². The van der Waals surface area contributed by atoms with E-state index in [2.05, 4.69) is 10.9 Å². The molecule has 2 amide bonds. The van der Waals surface area contributed by atoms with Gasteiger partial charge in [-0.3, -0.25) is 20.4 Å². The zero-order valence-electron chi connectivity index (χ0n) is 11.6. The van der Waals surface area contributed by atoms with Crippen LogP contribution in [0.5, 0.6) is 11.5 Å². The van der Waals surface area contributed by atoms with Gasteiger partial charge in [-0.25, -0.2) is 0 Å². The van der Waals surface area contributed by atoms with E-state index in [1.165, 1.54) is 14.2 Å². The van der Waals surface area contributed by atoms with Crippen molar-refractivity contribution in [3.63, 3.8) is 0 Å². The van der Waals surface area contributed by atoms with Gasteiger partial charge in [0.15, 0.2) is 11.5 Å². The summed E-state index contributed by atoms with van der Waals surface area (Å²) in [6.45, 7) is 0. The number of amides is 2. The molecule has 108 valence electrons. The minimum atomic E-state index is -0.390. The SMILES string of the molecule is COc1ccc(C(=O)NNC(=O)C2CCC2)cc1OC.